The molecule has 0 radical (unpaired) electrons. The molecule has 3 fully saturated rings. The number of hydrogen-bond donors (Lipinski definition) is 0. The van der Waals surface area contributed by atoms with Crippen LogP contribution in [0.5, 0.6) is 0 Å². The van der Waals surface area contributed by atoms with Gasteiger partial charge >= 0.3 is 6.16 Å². The number of benzene rings is 1. The zero-order chi connectivity index (χ0) is 13.5. The van der Waals surface area contributed by atoms with E-state index in [9.17, 15) is 4.79 Å². The summed E-state index contributed by atoms with van der Waals surface area (Å²) in [5.41, 5.74) is 1.08. The standard InChI is InChI=1S/C14H14O6/c15-14-19-10-9(17-13-12(18-13)11(10)20-14)7-16-6-8-4-2-1-3-5-8/h1-5,9-13H,6-7H2/t9?,10?,11?,12-,13?/m0/s1. The van der Waals surface area contributed by atoms with Crippen LogP contribution >= 0.6 is 0 Å². The smallest absolute Gasteiger partial charge is 0.424 e. The number of carbonyl (C=O) groups is 1. The molecule has 0 spiro atoms. The topological polar surface area (TPSA) is 66.5 Å². The molecule has 4 rings (SSSR count). The zero-order valence-corrected chi connectivity index (χ0v) is 10.6. The number of carbonyl (C=O) groups excluding carboxylic acids is 1. The fourth-order valence-corrected chi connectivity index (χ4v) is 2.63. The Kier molecular flexibility index (Phi) is 2.87. The minimum Gasteiger partial charge on any atom is -0.424 e. The highest BCUT2D eigenvalue weighted by molar-refractivity contribution is 5.63. The molecule has 0 N–H and O–H groups in total. The van der Waals surface area contributed by atoms with Crippen LogP contribution in [0.2, 0.25) is 0 Å². The maximum absolute atomic E-state index is 11.2. The summed E-state index contributed by atoms with van der Waals surface area (Å²) < 4.78 is 26.8. The van der Waals surface area contributed by atoms with Gasteiger partial charge in [0.05, 0.1) is 13.2 Å². The first-order valence-corrected chi connectivity index (χ1v) is 6.61. The predicted octanol–water partition coefficient (Wildman–Crippen LogP) is 1.23. The minimum atomic E-state index is -0.659. The largest absolute Gasteiger partial charge is 0.509 e. The number of rotatable bonds is 4. The lowest BCUT2D eigenvalue weighted by atomic mass is 10.0. The van der Waals surface area contributed by atoms with Crippen LogP contribution in [0.1, 0.15) is 5.56 Å². The highest BCUT2D eigenvalue weighted by Gasteiger charge is 2.63. The van der Waals surface area contributed by atoms with Gasteiger partial charge in [0.2, 0.25) is 0 Å². The summed E-state index contributed by atoms with van der Waals surface area (Å²) in [5, 5.41) is 0. The third kappa shape index (κ3) is 2.15. The summed E-state index contributed by atoms with van der Waals surface area (Å²) in [6.45, 7) is 0.821. The Labute approximate surface area is 115 Å². The Balaban J connectivity index is 1.35. The van der Waals surface area contributed by atoms with Crippen molar-refractivity contribution in [1.82, 2.24) is 0 Å². The van der Waals surface area contributed by atoms with Crippen LogP contribution in [0, 0.1) is 0 Å². The van der Waals surface area contributed by atoms with Gasteiger partial charge in [0.1, 0.15) is 6.10 Å². The van der Waals surface area contributed by atoms with Crippen molar-refractivity contribution in [3.63, 3.8) is 0 Å². The molecule has 106 valence electrons. The van der Waals surface area contributed by atoms with Gasteiger partial charge < -0.3 is 23.7 Å². The van der Waals surface area contributed by atoms with Gasteiger partial charge in [-0.1, -0.05) is 30.3 Å². The van der Waals surface area contributed by atoms with Crippen molar-refractivity contribution in [2.75, 3.05) is 6.61 Å². The summed E-state index contributed by atoms with van der Waals surface area (Å²) in [7, 11) is 0. The van der Waals surface area contributed by atoms with Crippen molar-refractivity contribution in [1.29, 1.82) is 0 Å². The molecule has 5 atom stereocenters. The van der Waals surface area contributed by atoms with Crippen molar-refractivity contribution in [3.05, 3.63) is 35.9 Å². The number of ether oxygens (including phenoxy) is 5. The molecular weight excluding hydrogens is 264 g/mol. The summed E-state index contributed by atoms with van der Waals surface area (Å²) in [5.74, 6) is 0. The predicted molar refractivity (Wildman–Crippen MR) is 64.8 cm³/mol. The van der Waals surface area contributed by atoms with Crippen LogP contribution in [-0.4, -0.2) is 43.5 Å². The first-order valence-electron chi connectivity index (χ1n) is 6.61. The van der Waals surface area contributed by atoms with Crippen molar-refractivity contribution in [3.8, 4) is 0 Å². The van der Waals surface area contributed by atoms with E-state index in [0.29, 0.717) is 13.2 Å². The Morgan fingerprint density at radius 1 is 1.00 bits per heavy atom. The molecule has 0 amide bonds. The Hall–Kier alpha value is -1.63. The third-order valence-corrected chi connectivity index (χ3v) is 3.66. The minimum absolute atomic E-state index is 0.183. The van der Waals surface area contributed by atoms with E-state index in [2.05, 4.69) is 0 Å². The van der Waals surface area contributed by atoms with Gasteiger partial charge in [0.15, 0.2) is 24.6 Å². The lowest BCUT2D eigenvalue weighted by molar-refractivity contribution is -0.121. The van der Waals surface area contributed by atoms with E-state index in [4.69, 9.17) is 23.7 Å². The number of fused-ring (bicyclic) bond motifs is 3. The van der Waals surface area contributed by atoms with Crippen LogP contribution in [0.25, 0.3) is 0 Å². The maximum Gasteiger partial charge on any atom is 0.509 e. The second kappa shape index (κ2) is 4.73. The van der Waals surface area contributed by atoms with E-state index in [1.165, 1.54) is 0 Å². The summed E-state index contributed by atoms with van der Waals surface area (Å²) in [4.78, 5) is 11.2. The second-order valence-electron chi connectivity index (χ2n) is 5.06. The molecule has 6 heteroatoms. The van der Waals surface area contributed by atoms with E-state index < -0.39 is 12.3 Å². The highest BCUT2D eigenvalue weighted by atomic mass is 16.8. The Morgan fingerprint density at radius 3 is 2.65 bits per heavy atom. The van der Waals surface area contributed by atoms with Gasteiger partial charge in [0, 0.05) is 0 Å². The molecule has 3 aliphatic rings. The van der Waals surface area contributed by atoms with Gasteiger partial charge in [-0.25, -0.2) is 4.79 Å². The fourth-order valence-electron chi connectivity index (χ4n) is 2.63. The maximum atomic E-state index is 11.2. The number of epoxide rings is 1. The molecule has 4 unspecified atom stereocenters. The second-order valence-corrected chi connectivity index (χ2v) is 5.06. The SMILES string of the molecule is O=C1OC2C(COCc3ccccc3)OC3O[C@H]3C2O1. The molecule has 0 aromatic heterocycles. The highest BCUT2D eigenvalue weighted by Crippen LogP contribution is 2.41. The molecule has 0 aliphatic carbocycles. The average Bonchev–Trinajstić information content (AvgIpc) is 3.13. The summed E-state index contributed by atoms with van der Waals surface area (Å²) >= 11 is 0. The quantitative estimate of drug-likeness (QED) is 0.609. The van der Waals surface area contributed by atoms with Crippen molar-refractivity contribution in [2.24, 2.45) is 0 Å². The van der Waals surface area contributed by atoms with Gasteiger partial charge in [0.25, 0.3) is 0 Å². The molecule has 0 bridgehead atoms. The fraction of sp³-hybridized carbons (Fsp3) is 0.500. The molecule has 3 saturated heterocycles. The van der Waals surface area contributed by atoms with Crippen LogP contribution in [-0.2, 0) is 30.3 Å². The normalized spacial score (nSPS) is 37.6. The first kappa shape index (κ1) is 12.1. The van der Waals surface area contributed by atoms with Crippen molar-refractivity contribution in [2.45, 2.75) is 37.3 Å². The van der Waals surface area contributed by atoms with Gasteiger partial charge in [-0.15, -0.1) is 0 Å². The Morgan fingerprint density at radius 2 is 1.80 bits per heavy atom. The molecule has 1 aromatic rings. The van der Waals surface area contributed by atoms with Gasteiger partial charge in [-0.2, -0.15) is 0 Å². The van der Waals surface area contributed by atoms with Crippen LogP contribution in [0.3, 0.4) is 0 Å². The van der Waals surface area contributed by atoms with E-state index in [0.717, 1.165) is 5.56 Å². The summed E-state index contributed by atoms with van der Waals surface area (Å²) in [6.07, 6.45) is -2.30. The first-order chi connectivity index (χ1) is 9.81. The van der Waals surface area contributed by atoms with E-state index in [1.807, 2.05) is 30.3 Å². The molecule has 3 heterocycles. The lowest BCUT2D eigenvalue weighted by Gasteiger charge is -2.27. The molecule has 1 aromatic carbocycles. The molecular formula is C14H14O6. The van der Waals surface area contributed by atoms with Crippen LogP contribution < -0.4 is 0 Å². The lowest BCUT2D eigenvalue weighted by Crippen LogP contribution is -2.47. The average molecular weight is 278 g/mol. The molecule has 3 aliphatic heterocycles. The molecule has 20 heavy (non-hydrogen) atoms. The Bertz CT molecular complexity index is 504. The van der Waals surface area contributed by atoms with Gasteiger partial charge in [-0.05, 0) is 5.56 Å². The van der Waals surface area contributed by atoms with Gasteiger partial charge in [-0.3, -0.25) is 0 Å². The monoisotopic (exact) mass is 278 g/mol. The third-order valence-electron chi connectivity index (χ3n) is 3.66. The zero-order valence-electron chi connectivity index (χ0n) is 10.6. The van der Waals surface area contributed by atoms with E-state index in [-0.39, 0.29) is 24.6 Å². The van der Waals surface area contributed by atoms with Crippen LogP contribution in [0.4, 0.5) is 4.79 Å². The van der Waals surface area contributed by atoms with Crippen molar-refractivity contribution >= 4 is 6.16 Å². The van der Waals surface area contributed by atoms with Crippen molar-refractivity contribution < 1.29 is 28.5 Å². The molecule has 0 saturated carbocycles. The summed E-state index contributed by atoms with van der Waals surface area (Å²) in [6, 6.07) is 9.85. The molecule has 6 nitrogen and oxygen atoms in total. The number of hydrogen-bond acceptors (Lipinski definition) is 6. The van der Waals surface area contributed by atoms with E-state index >= 15 is 0 Å². The van der Waals surface area contributed by atoms with E-state index in [1.54, 1.807) is 0 Å². The van der Waals surface area contributed by atoms with Crippen LogP contribution in [0.15, 0.2) is 30.3 Å².